The minimum absolute atomic E-state index is 0.0435. The summed E-state index contributed by atoms with van der Waals surface area (Å²) in [6, 6.07) is 6.42. The van der Waals surface area contributed by atoms with Crippen molar-refractivity contribution >= 4 is 29.1 Å². The highest BCUT2D eigenvalue weighted by Gasteiger charge is 2.19. The molecule has 134 valence electrons. The summed E-state index contributed by atoms with van der Waals surface area (Å²) < 4.78 is 6.58. The molecule has 0 aliphatic carbocycles. The number of fused-ring (bicyclic) bond motifs is 1. The van der Waals surface area contributed by atoms with Gasteiger partial charge >= 0.3 is 5.97 Å². The summed E-state index contributed by atoms with van der Waals surface area (Å²) in [5.74, 6) is -1.20. The Kier molecular flexibility index (Phi) is 4.71. The topological polar surface area (TPSA) is 94.5 Å². The molecule has 0 fully saturated rings. The van der Waals surface area contributed by atoms with E-state index in [1.807, 2.05) is 0 Å². The quantitative estimate of drug-likeness (QED) is 0.656. The standard InChI is InChI=1S/C19H18N2O5/c1-11(22)14-8-16(21(2)9-14)19(25)26-10-17(23)13-3-5-15-12(7-13)4-6-18(24)20-15/h3,5,7-9H,4,6,10H2,1-2H3,(H,20,24). The third-order valence-corrected chi connectivity index (χ3v) is 4.28. The molecule has 0 saturated carbocycles. The molecular formula is C19H18N2O5. The molecule has 3 rings (SSSR count). The molecule has 1 aromatic heterocycles. The largest absolute Gasteiger partial charge is 0.453 e. The zero-order valence-electron chi connectivity index (χ0n) is 14.5. The number of benzene rings is 1. The number of hydrogen-bond acceptors (Lipinski definition) is 5. The lowest BCUT2D eigenvalue weighted by molar-refractivity contribution is -0.116. The van der Waals surface area contributed by atoms with Gasteiger partial charge in [0, 0.05) is 36.5 Å². The third-order valence-electron chi connectivity index (χ3n) is 4.28. The van der Waals surface area contributed by atoms with Crippen molar-refractivity contribution < 1.29 is 23.9 Å². The normalized spacial score (nSPS) is 12.9. The van der Waals surface area contributed by atoms with Gasteiger partial charge in [-0.2, -0.15) is 0 Å². The van der Waals surface area contributed by atoms with E-state index >= 15 is 0 Å². The van der Waals surface area contributed by atoms with Crippen LogP contribution < -0.4 is 5.32 Å². The first-order chi connectivity index (χ1) is 12.3. The summed E-state index contributed by atoms with van der Waals surface area (Å²) in [4.78, 5) is 47.2. The van der Waals surface area contributed by atoms with E-state index in [1.54, 1.807) is 31.4 Å². The van der Waals surface area contributed by atoms with Crippen LogP contribution in [0.1, 0.15) is 50.1 Å². The van der Waals surface area contributed by atoms with Crippen molar-refractivity contribution in [2.75, 3.05) is 11.9 Å². The molecule has 7 heteroatoms. The van der Waals surface area contributed by atoms with Crippen LogP contribution in [0.2, 0.25) is 0 Å². The SMILES string of the molecule is CC(=O)c1cc(C(=O)OCC(=O)c2ccc3c(c2)CCC(=O)N3)n(C)c1. The van der Waals surface area contributed by atoms with Gasteiger partial charge in [0.15, 0.2) is 18.2 Å². The Morgan fingerprint density at radius 1 is 1.15 bits per heavy atom. The zero-order valence-corrected chi connectivity index (χ0v) is 14.5. The maximum absolute atomic E-state index is 12.3. The van der Waals surface area contributed by atoms with E-state index in [4.69, 9.17) is 4.74 Å². The number of hydrogen-bond donors (Lipinski definition) is 1. The average Bonchev–Trinajstić information content (AvgIpc) is 3.01. The van der Waals surface area contributed by atoms with Gasteiger partial charge in [-0.05, 0) is 43.2 Å². The van der Waals surface area contributed by atoms with Crippen molar-refractivity contribution in [3.8, 4) is 0 Å². The summed E-state index contributed by atoms with van der Waals surface area (Å²) in [6.45, 7) is 1.01. The molecule has 0 spiro atoms. The number of Topliss-reactive ketones (excluding diaryl/α,β-unsaturated/α-hetero) is 2. The maximum atomic E-state index is 12.3. The summed E-state index contributed by atoms with van der Waals surface area (Å²) in [6.07, 6.45) is 2.49. The van der Waals surface area contributed by atoms with Gasteiger partial charge in [0.2, 0.25) is 5.91 Å². The second-order valence-corrected chi connectivity index (χ2v) is 6.20. The fourth-order valence-electron chi connectivity index (χ4n) is 2.81. The van der Waals surface area contributed by atoms with Gasteiger partial charge in [-0.25, -0.2) is 4.79 Å². The molecule has 1 N–H and O–H groups in total. The van der Waals surface area contributed by atoms with Crippen LogP contribution in [0, 0.1) is 0 Å². The fraction of sp³-hybridized carbons (Fsp3) is 0.263. The second kappa shape index (κ2) is 6.95. The van der Waals surface area contributed by atoms with Crippen LogP contribution in [0.5, 0.6) is 0 Å². The van der Waals surface area contributed by atoms with Crippen molar-refractivity contribution in [2.24, 2.45) is 7.05 Å². The molecule has 2 heterocycles. The van der Waals surface area contributed by atoms with Crippen molar-refractivity contribution in [1.82, 2.24) is 4.57 Å². The number of aromatic nitrogens is 1. The van der Waals surface area contributed by atoms with Gasteiger partial charge in [0.1, 0.15) is 5.69 Å². The molecule has 0 atom stereocenters. The van der Waals surface area contributed by atoms with Gasteiger partial charge in [0.05, 0.1) is 0 Å². The number of anilines is 1. The number of carbonyl (C=O) groups is 4. The molecule has 1 amide bonds. The number of nitrogens with one attached hydrogen (secondary N) is 1. The van der Waals surface area contributed by atoms with E-state index in [0.717, 1.165) is 5.56 Å². The first-order valence-corrected chi connectivity index (χ1v) is 8.15. The summed E-state index contributed by atoms with van der Waals surface area (Å²) in [5, 5.41) is 2.75. The Hall–Kier alpha value is -3.22. The smallest absolute Gasteiger partial charge is 0.355 e. The van der Waals surface area contributed by atoms with E-state index in [2.05, 4.69) is 5.32 Å². The average molecular weight is 354 g/mol. The molecule has 26 heavy (non-hydrogen) atoms. The van der Waals surface area contributed by atoms with Crippen molar-refractivity contribution in [3.05, 3.63) is 52.8 Å². The molecule has 2 aromatic rings. The maximum Gasteiger partial charge on any atom is 0.355 e. The predicted molar refractivity (Wildman–Crippen MR) is 93.4 cm³/mol. The summed E-state index contributed by atoms with van der Waals surface area (Å²) >= 11 is 0. The lowest BCUT2D eigenvalue weighted by atomic mass is 9.99. The van der Waals surface area contributed by atoms with Crippen LogP contribution >= 0.6 is 0 Å². The number of rotatable bonds is 5. The fourth-order valence-corrected chi connectivity index (χ4v) is 2.81. The number of ketones is 2. The Balaban J connectivity index is 1.66. The molecule has 0 saturated heterocycles. The van der Waals surface area contributed by atoms with Gasteiger partial charge in [0.25, 0.3) is 0 Å². The van der Waals surface area contributed by atoms with E-state index in [9.17, 15) is 19.2 Å². The van der Waals surface area contributed by atoms with Gasteiger partial charge in [-0.3, -0.25) is 14.4 Å². The van der Waals surface area contributed by atoms with E-state index in [1.165, 1.54) is 17.6 Å². The third kappa shape index (κ3) is 3.56. The highest BCUT2D eigenvalue weighted by Crippen LogP contribution is 2.23. The molecule has 7 nitrogen and oxygen atoms in total. The van der Waals surface area contributed by atoms with Crippen molar-refractivity contribution in [2.45, 2.75) is 19.8 Å². The number of carbonyl (C=O) groups excluding carboxylic acids is 4. The van der Waals surface area contributed by atoms with Crippen LogP contribution in [-0.4, -0.2) is 34.6 Å². The zero-order chi connectivity index (χ0) is 18.8. The number of ether oxygens (including phenoxy) is 1. The van der Waals surface area contributed by atoms with E-state index < -0.39 is 12.6 Å². The number of esters is 1. The van der Waals surface area contributed by atoms with Gasteiger partial charge < -0.3 is 14.6 Å². The van der Waals surface area contributed by atoms with Crippen LogP contribution in [-0.2, 0) is 23.0 Å². The molecular weight excluding hydrogens is 336 g/mol. The highest BCUT2D eigenvalue weighted by molar-refractivity contribution is 6.01. The van der Waals surface area contributed by atoms with E-state index in [0.29, 0.717) is 29.7 Å². The summed E-state index contributed by atoms with van der Waals surface area (Å²) in [5.41, 5.74) is 2.62. The van der Waals surface area contributed by atoms with E-state index in [-0.39, 0.29) is 23.2 Å². The van der Waals surface area contributed by atoms with Crippen molar-refractivity contribution in [1.29, 1.82) is 0 Å². The molecule has 1 aliphatic heterocycles. The van der Waals surface area contributed by atoms with Crippen molar-refractivity contribution in [3.63, 3.8) is 0 Å². The molecule has 0 radical (unpaired) electrons. The highest BCUT2D eigenvalue weighted by atomic mass is 16.5. The predicted octanol–water partition coefficient (Wildman–Crippen LogP) is 2.15. The van der Waals surface area contributed by atoms with Crippen LogP contribution in [0.4, 0.5) is 5.69 Å². The Labute approximate surface area is 149 Å². The number of amides is 1. The van der Waals surface area contributed by atoms with Gasteiger partial charge in [-0.1, -0.05) is 0 Å². The first kappa shape index (κ1) is 17.6. The molecule has 1 aliphatic rings. The lowest BCUT2D eigenvalue weighted by Gasteiger charge is -2.17. The minimum atomic E-state index is -0.668. The minimum Gasteiger partial charge on any atom is -0.453 e. The van der Waals surface area contributed by atoms with Crippen LogP contribution in [0.3, 0.4) is 0 Å². The number of aryl methyl sites for hydroxylation is 2. The molecule has 0 bridgehead atoms. The Bertz CT molecular complexity index is 926. The Morgan fingerprint density at radius 3 is 2.62 bits per heavy atom. The summed E-state index contributed by atoms with van der Waals surface area (Å²) in [7, 11) is 1.63. The Morgan fingerprint density at radius 2 is 1.92 bits per heavy atom. The van der Waals surface area contributed by atoms with Crippen LogP contribution in [0.25, 0.3) is 0 Å². The lowest BCUT2D eigenvalue weighted by Crippen LogP contribution is -2.20. The first-order valence-electron chi connectivity index (χ1n) is 8.15. The molecule has 0 unspecified atom stereocenters. The van der Waals surface area contributed by atoms with Gasteiger partial charge in [-0.15, -0.1) is 0 Å². The number of nitrogens with zero attached hydrogens (tertiary/aromatic N) is 1. The monoisotopic (exact) mass is 354 g/mol. The molecule has 1 aromatic carbocycles. The van der Waals surface area contributed by atoms with Crippen LogP contribution in [0.15, 0.2) is 30.5 Å². The second-order valence-electron chi connectivity index (χ2n) is 6.20.